The summed E-state index contributed by atoms with van der Waals surface area (Å²) in [6.07, 6.45) is 6.74. The highest BCUT2D eigenvalue weighted by molar-refractivity contribution is 6.01. The van der Waals surface area contributed by atoms with Crippen LogP contribution in [0.15, 0.2) is 78.9 Å². The number of hydrogen-bond donors (Lipinski definition) is 1. The minimum absolute atomic E-state index is 0.0673. The molecular formula is C29H34N2O2. The molecule has 1 atom stereocenters. The minimum atomic E-state index is -0.209. The molecule has 4 heteroatoms. The van der Waals surface area contributed by atoms with E-state index in [0.717, 1.165) is 42.0 Å². The number of ether oxygens (including phenoxy) is 1. The predicted molar refractivity (Wildman–Crippen MR) is 135 cm³/mol. The quantitative estimate of drug-likeness (QED) is 0.330. The van der Waals surface area contributed by atoms with E-state index < -0.39 is 0 Å². The van der Waals surface area contributed by atoms with E-state index >= 15 is 0 Å². The van der Waals surface area contributed by atoms with Crippen molar-refractivity contribution in [3.63, 3.8) is 0 Å². The molecule has 0 aliphatic carbocycles. The zero-order valence-corrected chi connectivity index (χ0v) is 19.5. The Kier molecular flexibility index (Phi) is 8.02. The predicted octanol–water partition coefficient (Wildman–Crippen LogP) is 6.85. The van der Waals surface area contributed by atoms with Crippen LogP contribution in [0, 0.1) is 0 Å². The molecule has 1 aliphatic rings. The van der Waals surface area contributed by atoms with E-state index in [-0.39, 0.29) is 12.1 Å². The average Bonchev–Trinajstić information content (AvgIpc) is 2.86. The number of amides is 1. The van der Waals surface area contributed by atoms with Crippen LogP contribution in [0.1, 0.15) is 66.7 Å². The highest BCUT2D eigenvalue weighted by Gasteiger charge is 2.32. The lowest BCUT2D eigenvalue weighted by Gasteiger charge is -2.38. The molecule has 4 rings (SSSR count). The van der Waals surface area contributed by atoms with E-state index in [9.17, 15) is 4.79 Å². The third-order valence-electron chi connectivity index (χ3n) is 6.22. The Morgan fingerprint density at radius 2 is 1.58 bits per heavy atom. The maximum Gasteiger partial charge on any atom is 0.257 e. The highest BCUT2D eigenvalue weighted by atomic mass is 16.5. The number of fused-ring (bicyclic) bond motifs is 1. The van der Waals surface area contributed by atoms with E-state index in [0.29, 0.717) is 6.54 Å². The topological polar surface area (TPSA) is 41.6 Å². The molecule has 172 valence electrons. The summed E-state index contributed by atoms with van der Waals surface area (Å²) < 4.78 is 5.94. The van der Waals surface area contributed by atoms with Crippen LogP contribution in [0.4, 0.5) is 5.69 Å². The van der Waals surface area contributed by atoms with Crippen molar-refractivity contribution in [3.05, 3.63) is 95.6 Å². The van der Waals surface area contributed by atoms with Gasteiger partial charge in [-0.05, 0) is 48.2 Å². The molecular weight excluding hydrogens is 408 g/mol. The molecule has 0 saturated heterocycles. The first-order valence-corrected chi connectivity index (χ1v) is 12.2. The number of nitrogens with zero attached hydrogens (tertiary/aromatic N) is 1. The van der Waals surface area contributed by atoms with Crippen molar-refractivity contribution in [1.29, 1.82) is 0 Å². The third kappa shape index (κ3) is 5.95. The van der Waals surface area contributed by atoms with Crippen LogP contribution in [0.5, 0.6) is 5.75 Å². The standard InChI is InChI=1S/C29H34N2O2/c1-2-3-4-5-11-22-33-25-18-16-24(17-19-25)28-30-27-15-10-9-14-26(27)29(32)31(28)21-20-23-12-7-6-8-13-23/h6-10,12-19,28,30H,2-5,11,20-22H2,1H3. The highest BCUT2D eigenvalue weighted by Crippen LogP contribution is 2.33. The molecule has 4 nitrogen and oxygen atoms in total. The number of carbonyl (C=O) groups excluding carboxylic acids is 1. The number of para-hydroxylation sites is 1. The van der Waals surface area contributed by atoms with Crippen LogP contribution in [0.2, 0.25) is 0 Å². The van der Waals surface area contributed by atoms with Gasteiger partial charge in [-0.2, -0.15) is 0 Å². The summed E-state index contributed by atoms with van der Waals surface area (Å²) >= 11 is 0. The summed E-state index contributed by atoms with van der Waals surface area (Å²) in [5, 5.41) is 3.59. The first-order chi connectivity index (χ1) is 16.3. The van der Waals surface area contributed by atoms with E-state index in [1.54, 1.807) is 0 Å². The SMILES string of the molecule is CCCCCCCOc1ccc(C2Nc3ccccc3C(=O)N2CCc2ccccc2)cc1. The van der Waals surface area contributed by atoms with E-state index in [2.05, 4.69) is 36.5 Å². The second-order valence-corrected chi connectivity index (χ2v) is 8.66. The molecule has 0 fully saturated rings. The first-order valence-electron chi connectivity index (χ1n) is 12.2. The van der Waals surface area contributed by atoms with Gasteiger partial charge in [0.25, 0.3) is 5.91 Å². The second-order valence-electron chi connectivity index (χ2n) is 8.66. The lowest BCUT2D eigenvalue weighted by molar-refractivity contribution is 0.0685. The maximum atomic E-state index is 13.4. The van der Waals surface area contributed by atoms with Crippen molar-refractivity contribution in [3.8, 4) is 5.75 Å². The van der Waals surface area contributed by atoms with E-state index in [4.69, 9.17) is 4.74 Å². The van der Waals surface area contributed by atoms with Gasteiger partial charge in [0.05, 0.1) is 12.2 Å². The van der Waals surface area contributed by atoms with Crippen molar-refractivity contribution in [2.75, 3.05) is 18.5 Å². The monoisotopic (exact) mass is 442 g/mol. The molecule has 1 unspecified atom stereocenters. The zero-order chi connectivity index (χ0) is 22.9. The molecule has 0 bridgehead atoms. The Labute approximate surface area is 197 Å². The first kappa shape index (κ1) is 22.9. The summed E-state index contributed by atoms with van der Waals surface area (Å²) in [6, 6.07) is 26.3. The van der Waals surface area contributed by atoms with Crippen LogP contribution < -0.4 is 10.1 Å². The Bertz CT molecular complexity index is 1020. The summed E-state index contributed by atoms with van der Waals surface area (Å²) in [7, 11) is 0. The zero-order valence-electron chi connectivity index (χ0n) is 19.5. The van der Waals surface area contributed by atoms with Crippen molar-refractivity contribution in [1.82, 2.24) is 4.90 Å². The summed E-state index contributed by atoms with van der Waals surface area (Å²) in [6.45, 7) is 3.62. The van der Waals surface area contributed by atoms with Crippen LogP contribution in [0.3, 0.4) is 0 Å². The van der Waals surface area contributed by atoms with Gasteiger partial charge in [-0.15, -0.1) is 0 Å². The van der Waals surface area contributed by atoms with Gasteiger partial charge in [-0.25, -0.2) is 0 Å². The minimum Gasteiger partial charge on any atom is -0.494 e. The third-order valence-corrected chi connectivity index (χ3v) is 6.22. The summed E-state index contributed by atoms with van der Waals surface area (Å²) in [4.78, 5) is 15.3. The van der Waals surface area contributed by atoms with E-state index in [1.165, 1.54) is 31.2 Å². The molecule has 1 amide bonds. The number of rotatable bonds is 11. The Morgan fingerprint density at radius 1 is 0.848 bits per heavy atom. The van der Waals surface area contributed by atoms with Crippen LogP contribution in [-0.4, -0.2) is 24.0 Å². The number of unbranched alkanes of at least 4 members (excludes halogenated alkanes) is 4. The van der Waals surface area contributed by atoms with Gasteiger partial charge in [0.2, 0.25) is 0 Å². The van der Waals surface area contributed by atoms with Gasteiger partial charge >= 0.3 is 0 Å². The number of benzene rings is 3. The van der Waals surface area contributed by atoms with Crippen LogP contribution >= 0.6 is 0 Å². The lowest BCUT2D eigenvalue weighted by Crippen LogP contribution is -2.43. The molecule has 3 aromatic carbocycles. The van der Waals surface area contributed by atoms with Gasteiger partial charge in [0, 0.05) is 12.2 Å². The van der Waals surface area contributed by atoms with Gasteiger partial charge in [-0.3, -0.25) is 4.79 Å². The fourth-order valence-electron chi connectivity index (χ4n) is 4.32. The average molecular weight is 443 g/mol. The summed E-state index contributed by atoms with van der Waals surface area (Å²) in [5.74, 6) is 0.949. The Hall–Kier alpha value is -3.27. The van der Waals surface area contributed by atoms with Crippen molar-refractivity contribution >= 4 is 11.6 Å². The largest absolute Gasteiger partial charge is 0.494 e. The fourth-order valence-corrected chi connectivity index (χ4v) is 4.32. The molecule has 1 heterocycles. The van der Waals surface area contributed by atoms with Gasteiger partial charge in [-0.1, -0.05) is 87.2 Å². The molecule has 1 aliphatic heterocycles. The van der Waals surface area contributed by atoms with Gasteiger partial charge in [0.1, 0.15) is 11.9 Å². The van der Waals surface area contributed by atoms with Crippen molar-refractivity contribution in [2.45, 2.75) is 51.6 Å². The molecule has 33 heavy (non-hydrogen) atoms. The number of nitrogens with one attached hydrogen (secondary N) is 1. The molecule has 0 radical (unpaired) electrons. The molecule has 0 aromatic heterocycles. The normalized spacial score (nSPS) is 15.1. The molecule has 0 spiro atoms. The summed E-state index contributed by atoms with van der Waals surface area (Å²) in [5.41, 5.74) is 3.90. The number of carbonyl (C=O) groups is 1. The molecule has 3 aromatic rings. The van der Waals surface area contributed by atoms with Gasteiger partial charge < -0.3 is 15.0 Å². The van der Waals surface area contributed by atoms with E-state index in [1.807, 2.05) is 59.5 Å². The molecule has 1 N–H and O–H groups in total. The smallest absolute Gasteiger partial charge is 0.257 e. The number of anilines is 1. The number of hydrogen-bond acceptors (Lipinski definition) is 3. The molecule has 0 saturated carbocycles. The van der Waals surface area contributed by atoms with Crippen LogP contribution in [0.25, 0.3) is 0 Å². The van der Waals surface area contributed by atoms with Crippen LogP contribution in [-0.2, 0) is 6.42 Å². The second kappa shape index (κ2) is 11.6. The maximum absolute atomic E-state index is 13.4. The van der Waals surface area contributed by atoms with Gasteiger partial charge in [0.15, 0.2) is 0 Å². The van der Waals surface area contributed by atoms with Crippen molar-refractivity contribution in [2.24, 2.45) is 0 Å². The Balaban J connectivity index is 1.45. The van der Waals surface area contributed by atoms with Crippen molar-refractivity contribution < 1.29 is 9.53 Å². The lowest BCUT2D eigenvalue weighted by atomic mass is 10.0. The fraction of sp³-hybridized carbons (Fsp3) is 0.345. The Morgan fingerprint density at radius 3 is 2.36 bits per heavy atom.